The number of hydrazone groups is 1. The van der Waals surface area contributed by atoms with Crippen LogP contribution in [0.1, 0.15) is 45.4 Å². The number of ether oxygens (including phenoxy) is 1. The highest BCUT2D eigenvalue weighted by Gasteiger charge is 2.19. The monoisotopic (exact) mass is 377 g/mol. The molecule has 0 spiro atoms. The first kappa shape index (κ1) is 19.7. The number of benzene rings is 1. The van der Waals surface area contributed by atoms with Gasteiger partial charge in [-0.1, -0.05) is 12.1 Å². The Morgan fingerprint density at radius 3 is 2.62 bits per heavy atom. The number of aromatic nitrogens is 1. The van der Waals surface area contributed by atoms with Crippen molar-refractivity contribution in [2.45, 2.75) is 39.5 Å². The Labute approximate surface area is 153 Å². The van der Waals surface area contributed by atoms with E-state index in [1.165, 1.54) is 6.21 Å². The van der Waals surface area contributed by atoms with Crippen LogP contribution in [0.25, 0.3) is 0 Å². The van der Waals surface area contributed by atoms with Gasteiger partial charge < -0.3 is 9.72 Å². The molecule has 2 N–H and O–H groups in total. The Morgan fingerprint density at radius 2 is 1.96 bits per heavy atom. The van der Waals surface area contributed by atoms with Crippen molar-refractivity contribution in [2.24, 2.45) is 5.10 Å². The molecular formula is C18H23N3O4S. The van der Waals surface area contributed by atoms with Crippen molar-refractivity contribution in [3.05, 3.63) is 51.8 Å². The zero-order chi connectivity index (χ0) is 19.5. The number of carbonyl (C=O) groups is 1. The first-order valence-electron chi connectivity index (χ1n) is 8.15. The molecule has 0 unspecified atom stereocenters. The van der Waals surface area contributed by atoms with Crippen molar-refractivity contribution in [2.75, 3.05) is 6.61 Å². The second-order valence-electron chi connectivity index (χ2n) is 6.01. The number of carbonyl (C=O) groups excluding carboxylic acids is 1. The molecule has 0 bridgehead atoms. The van der Waals surface area contributed by atoms with Gasteiger partial charge in [0, 0.05) is 5.69 Å². The lowest BCUT2D eigenvalue weighted by Gasteiger charge is -2.07. The molecule has 0 atom stereocenters. The standard InChI is InChI=1S/C18H23N3O4S/c1-6-25-18(22)17-13(4)15(20-14(17)5)10-19-21-26(23,24)16-9-11(2)7-8-12(16)3/h7-10,20-21H,6H2,1-5H3/b19-10+. The molecule has 140 valence electrons. The molecule has 0 saturated heterocycles. The molecule has 1 aromatic heterocycles. The summed E-state index contributed by atoms with van der Waals surface area (Å²) in [4.78, 5) is 17.4. The lowest BCUT2D eigenvalue weighted by Crippen LogP contribution is -2.19. The second-order valence-corrected chi connectivity index (χ2v) is 7.64. The van der Waals surface area contributed by atoms with Crippen LogP contribution >= 0.6 is 0 Å². The van der Waals surface area contributed by atoms with Gasteiger partial charge in [-0.15, -0.1) is 0 Å². The average molecular weight is 377 g/mol. The molecule has 2 aromatic rings. The summed E-state index contributed by atoms with van der Waals surface area (Å²) in [6.45, 7) is 9.06. The molecule has 0 aliphatic carbocycles. The first-order chi connectivity index (χ1) is 12.2. The van der Waals surface area contributed by atoms with Gasteiger partial charge in [0.25, 0.3) is 10.0 Å². The molecule has 0 amide bonds. The number of hydrogen-bond acceptors (Lipinski definition) is 5. The minimum absolute atomic E-state index is 0.182. The van der Waals surface area contributed by atoms with Crippen molar-refractivity contribution < 1.29 is 17.9 Å². The third-order valence-corrected chi connectivity index (χ3v) is 5.32. The molecule has 26 heavy (non-hydrogen) atoms. The van der Waals surface area contributed by atoms with Crippen LogP contribution in [0.2, 0.25) is 0 Å². The highest BCUT2D eigenvalue weighted by Crippen LogP contribution is 2.18. The number of rotatable bonds is 6. The van der Waals surface area contributed by atoms with Crippen LogP contribution in [0.15, 0.2) is 28.2 Å². The third-order valence-electron chi connectivity index (χ3n) is 3.96. The summed E-state index contributed by atoms with van der Waals surface area (Å²) in [5, 5.41) is 3.83. The summed E-state index contributed by atoms with van der Waals surface area (Å²) in [6.07, 6.45) is 1.34. The molecule has 7 nitrogen and oxygen atoms in total. The van der Waals surface area contributed by atoms with Crippen molar-refractivity contribution in [1.82, 2.24) is 9.82 Å². The lowest BCUT2D eigenvalue weighted by atomic mass is 10.1. The Morgan fingerprint density at radius 1 is 1.27 bits per heavy atom. The molecular weight excluding hydrogens is 354 g/mol. The van der Waals surface area contributed by atoms with Crippen molar-refractivity contribution in [1.29, 1.82) is 0 Å². The molecule has 8 heteroatoms. The van der Waals surface area contributed by atoms with Crippen LogP contribution in [-0.4, -0.2) is 32.2 Å². The number of nitrogens with one attached hydrogen (secondary N) is 2. The Balaban J connectivity index is 2.24. The topological polar surface area (TPSA) is 101 Å². The van der Waals surface area contributed by atoms with Gasteiger partial charge in [-0.25, -0.2) is 4.79 Å². The smallest absolute Gasteiger partial charge is 0.340 e. The SMILES string of the molecule is CCOC(=O)c1c(C)[nH]c(/C=N/NS(=O)(=O)c2cc(C)ccc2C)c1C. The van der Waals surface area contributed by atoms with Crippen LogP contribution in [-0.2, 0) is 14.8 Å². The molecule has 0 saturated carbocycles. The maximum absolute atomic E-state index is 12.4. The van der Waals surface area contributed by atoms with Gasteiger partial charge in [-0.3, -0.25) is 0 Å². The zero-order valence-corrected chi connectivity index (χ0v) is 16.3. The number of esters is 1. The van der Waals surface area contributed by atoms with E-state index in [4.69, 9.17) is 4.74 Å². The predicted molar refractivity (Wildman–Crippen MR) is 100 cm³/mol. The first-order valence-corrected chi connectivity index (χ1v) is 9.64. The van der Waals surface area contributed by atoms with E-state index in [1.807, 2.05) is 13.0 Å². The summed E-state index contributed by atoms with van der Waals surface area (Å²) in [7, 11) is -3.78. The number of aryl methyl sites for hydroxylation is 3. The molecule has 0 radical (unpaired) electrons. The quantitative estimate of drug-likeness (QED) is 0.459. The number of H-pyrrole nitrogens is 1. The fourth-order valence-electron chi connectivity index (χ4n) is 2.62. The van der Waals surface area contributed by atoms with E-state index in [2.05, 4.69) is 14.9 Å². The normalized spacial score (nSPS) is 11.7. The summed E-state index contributed by atoms with van der Waals surface area (Å²) >= 11 is 0. The molecule has 1 aromatic carbocycles. The maximum atomic E-state index is 12.4. The van der Waals surface area contributed by atoms with E-state index in [1.54, 1.807) is 39.8 Å². The van der Waals surface area contributed by atoms with Crippen LogP contribution in [0.5, 0.6) is 0 Å². The fraction of sp³-hybridized carbons (Fsp3) is 0.333. The number of hydrogen-bond donors (Lipinski definition) is 2. The van der Waals surface area contributed by atoms with Crippen LogP contribution in [0, 0.1) is 27.7 Å². The lowest BCUT2D eigenvalue weighted by molar-refractivity contribution is 0.0525. The van der Waals surface area contributed by atoms with Gasteiger partial charge in [0.15, 0.2) is 0 Å². The van der Waals surface area contributed by atoms with E-state index in [9.17, 15) is 13.2 Å². The Bertz CT molecular complexity index is 959. The van der Waals surface area contributed by atoms with Crippen LogP contribution in [0.3, 0.4) is 0 Å². The average Bonchev–Trinajstić information content (AvgIpc) is 2.84. The molecule has 0 aliphatic heterocycles. The minimum Gasteiger partial charge on any atom is -0.462 e. The molecule has 2 rings (SSSR count). The predicted octanol–water partition coefficient (Wildman–Crippen LogP) is 2.74. The van der Waals surface area contributed by atoms with Crippen molar-refractivity contribution in [3.63, 3.8) is 0 Å². The van der Waals surface area contributed by atoms with E-state index in [0.29, 0.717) is 28.1 Å². The highest BCUT2D eigenvalue weighted by molar-refractivity contribution is 7.89. The molecule has 0 aliphatic rings. The van der Waals surface area contributed by atoms with Crippen molar-refractivity contribution >= 4 is 22.2 Å². The highest BCUT2D eigenvalue weighted by atomic mass is 32.2. The minimum atomic E-state index is -3.78. The Kier molecular flexibility index (Phi) is 5.86. The molecule has 0 fully saturated rings. The van der Waals surface area contributed by atoms with E-state index < -0.39 is 16.0 Å². The van der Waals surface area contributed by atoms with Crippen LogP contribution in [0.4, 0.5) is 0 Å². The summed E-state index contributed by atoms with van der Waals surface area (Å²) in [5.74, 6) is -0.422. The van der Waals surface area contributed by atoms with Crippen molar-refractivity contribution in [3.8, 4) is 0 Å². The van der Waals surface area contributed by atoms with Gasteiger partial charge in [0.1, 0.15) is 0 Å². The fourth-order valence-corrected chi connectivity index (χ4v) is 3.74. The van der Waals surface area contributed by atoms with Gasteiger partial charge in [0.2, 0.25) is 0 Å². The Hall–Kier alpha value is -2.61. The second kappa shape index (κ2) is 7.74. The van der Waals surface area contributed by atoms with E-state index in [0.717, 1.165) is 5.56 Å². The maximum Gasteiger partial charge on any atom is 0.340 e. The summed E-state index contributed by atoms with van der Waals surface area (Å²) in [6, 6.07) is 5.19. The summed E-state index contributed by atoms with van der Waals surface area (Å²) in [5.41, 5.74) is 3.74. The van der Waals surface area contributed by atoms with Gasteiger partial charge >= 0.3 is 5.97 Å². The van der Waals surface area contributed by atoms with Gasteiger partial charge in [0.05, 0.1) is 29.0 Å². The number of nitrogens with zero attached hydrogens (tertiary/aromatic N) is 1. The number of sulfonamides is 1. The third kappa shape index (κ3) is 4.13. The number of aromatic amines is 1. The van der Waals surface area contributed by atoms with E-state index in [-0.39, 0.29) is 11.5 Å². The van der Waals surface area contributed by atoms with Gasteiger partial charge in [-0.2, -0.15) is 18.4 Å². The molecule has 1 heterocycles. The van der Waals surface area contributed by atoms with E-state index >= 15 is 0 Å². The van der Waals surface area contributed by atoms with Gasteiger partial charge in [-0.05, 0) is 57.4 Å². The van der Waals surface area contributed by atoms with Crippen LogP contribution < -0.4 is 4.83 Å². The summed E-state index contributed by atoms with van der Waals surface area (Å²) < 4.78 is 29.9. The zero-order valence-electron chi connectivity index (χ0n) is 15.5. The largest absolute Gasteiger partial charge is 0.462 e.